The van der Waals surface area contributed by atoms with E-state index in [4.69, 9.17) is 47.5 Å². The molecule has 13 heteroatoms. The maximum absolute atomic E-state index is 13.4. The van der Waals surface area contributed by atoms with Gasteiger partial charge >= 0.3 is 0 Å². The quantitative estimate of drug-likeness (QED) is 0.284. The van der Waals surface area contributed by atoms with Crippen LogP contribution in [0.4, 0.5) is 11.5 Å². The molecule has 226 valence electrons. The number of rotatable bonds is 7. The van der Waals surface area contributed by atoms with Crippen LogP contribution in [-0.4, -0.2) is 84.6 Å². The number of carbonyl (C=O) groups is 1. The number of aromatic nitrogens is 4. The number of ether oxygens (including phenoxy) is 3. The lowest BCUT2D eigenvalue weighted by atomic mass is 10.1. The summed E-state index contributed by atoms with van der Waals surface area (Å²) >= 11 is 13.3. The Morgan fingerprint density at radius 3 is 2.35 bits per heavy atom. The van der Waals surface area contributed by atoms with Gasteiger partial charge in [0.2, 0.25) is 0 Å². The van der Waals surface area contributed by atoms with Crippen molar-refractivity contribution in [3.05, 3.63) is 52.1 Å². The van der Waals surface area contributed by atoms with Crippen molar-refractivity contribution in [3.63, 3.8) is 0 Å². The molecule has 2 saturated heterocycles. The van der Waals surface area contributed by atoms with Crippen molar-refractivity contribution in [2.24, 2.45) is 0 Å². The molecule has 2 fully saturated rings. The Bertz CT molecular complexity index is 1600. The minimum atomic E-state index is -0.349. The fraction of sp³-hybridized carbons (Fsp3) is 0.400. The molecule has 1 atom stereocenters. The van der Waals surface area contributed by atoms with Crippen molar-refractivity contribution in [1.29, 1.82) is 0 Å². The Kier molecular flexibility index (Phi) is 8.58. The van der Waals surface area contributed by atoms with E-state index in [9.17, 15) is 4.79 Å². The number of benzene rings is 2. The molecule has 11 nitrogen and oxygen atoms in total. The number of carbonyl (C=O) groups excluding carboxylic acids is 1. The van der Waals surface area contributed by atoms with Crippen molar-refractivity contribution in [2.75, 3.05) is 64.3 Å². The van der Waals surface area contributed by atoms with Gasteiger partial charge in [0, 0.05) is 56.3 Å². The van der Waals surface area contributed by atoms with Gasteiger partial charge in [-0.1, -0.05) is 23.2 Å². The van der Waals surface area contributed by atoms with Crippen molar-refractivity contribution >= 4 is 51.6 Å². The van der Waals surface area contributed by atoms with Gasteiger partial charge in [-0.2, -0.15) is 0 Å². The van der Waals surface area contributed by atoms with Crippen LogP contribution in [0, 0.1) is 0 Å². The van der Waals surface area contributed by atoms with Crippen LogP contribution in [-0.2, 0) is 4.74 Å². The molecule has 4 heterocycles. The smallest absolute Gasteiger partial charge is 0.256 e. The zero-order chi connectivity index (χ0) is 30.1. The van der Waals surface area contributed by atoms with Crippen LogP contribution in [0.1, 0.15) is 35.8 Å². The van der Waals surface area contributed by atoms with E-state index in [0.29, 0.717) is 46.1 Å². The molecule has 2 aliphatic rings. The summed E-state index contributed by atoms with van der Waals surface area (Å²) in [6.45, 7) is 4.54. The molecule has 0 aliphatic carbocycles. The molecule has 43 heavy (non-hydrogen) atoms. The number of amides is 1. The van der Waals surface area contributed by atoms with Gasteiger partial charge in [-0.3, -0.25) is 4.79 Å². The summed E-state index contributed by atoms with van der Waals surface area (Å²) in [7, 11) is 5.14. The van der Waals surface area contributed by atoms with Gasteiger partial charge in [0.15, 0.2) is 23.5 Å². The summed E-state index contributed by atoms with van der Waals surface area (Å²) in [5.74, 6) is 1.06. The normalized spacial score (nSPS) is 17.7. The maximum atomic E-state index is 13.4. The molecular formula is C30H33Cl2N7O4. The highest BCUT2D eigenvalue weighted by atomic mass is 35.5. The summed E-state index contributed by atoms with van der Waals surface area (Å²) in [6, 6.07) is 9.25. The fourth-order valence-electron chi connectivity index (χ4n) is 5.40. The minimum absolute atomic E-state index is 0.251. The predicted octanol–water partition coefficient (Wildman–Crippen LogP) is 5.52. The lowest BCUT2D eigenvalue weighted by Crippen LogP contribution is -2.44. The molecule has 0 radical (unpaired) electrons. The van der Waals surface area contributed by atoms with E-state index >= 15 is 0 Å². The largest absolute Gasteiger partial charge is 0.495 e. The second-order valence-electron chi connectivity index (χ2n) is 10.6. The van der Waals surface area contributed by atoms with E-state index in [1.54, 1.807) is 16.9 Å². The van der Waals surface area contributed by atoms with Gasteiger partial charge in [0.05, 0.1) is 35.2 Å². The molecule has 1 amide bonds. The van der Waals surface area contributed by atoms with Crippen molar-refractivity contribution in [2.45, 2.75) is 25.5 Å². The first-order valence-corrected chi connectivity index (χ1v) is 15.0. The standard InChI is InChI=1S/C30H33Cl2N7O4/c1-37-11-13-38(14-12-37)19-9-7-18(8-10-19)30(40)35-27-20-17-33-28(24-25(31)21(41-2)16-22(42-3)26(24)32)34-29(20)39(36-27)23-6-4-5-15-43-23/h7-10,16-17,23H,4-6,11-15H2,1-3H3,(H,35,36,40). The van der Waals surface area contributed by atoms with Crippen LogP contribution >= 0.6 is 23.2 Å². The van der Waals surface area contributed by atoms with Crippen molar-refractivity contribution in [3.8, 4) is 22.9 Å². The van der Waals surface area contributed by atoms with Crippen LogP contribution < -0.4 is 19.7 Å². The topological polar surface area (TPSA) is 107 Å². The number of nitrogens with one attached hydrogen (secondary N) is 1. The third-order valence-corrected chi connectivity index (χ3v) is 8.65. The number of fused-ring (bicyclic) bond motifs is 1. The van der Waals surface area contributed by atoms with Gasteiger partial charge in [0.1, 0.15) is 11.5 Å². The Morgan fingerprint density at radius 1 is 1.02 bits per heavy atom. The Hall–Kier alpha value is -3.64. The molecule has 6 rings (SSSR count). The van der Waals surface area contributed by atoms with Gasteiger partial charge < -0.3 is 29.3 Å². The zero-order valence-corrected chi connectivity index (χ0v) is 25.8. The lowest BCUT2D eigenvalue weighted by molar-refractivity contribution is -0.0368. The van der Waals surface area contributed by atoms with Gasteiger partial charge in [0.25, 0.3) is 5.91 Å². The van der Waals surface area contributed by atoms with E-state index < -0.39 is 0 Å². The van der Waals surface area contributed by atoms with Gasteiger partial charge in [-0.25, -0.2) is 14.6 Å². The average molecular weight is 627 g/mol. The summed E-state index contributed by atoms with van der Waals surface area (Å²) in [5.41, 5.74) is 2.46. The Balaban J connectivity index is 1.35. The molecule has 2 aromatic carbocycles. The fourth-order valence-corrected chi connectivity index (χ4v) is 6.07. The van der Waals surface area contributed by atoms with E-state index in [0.717, 1.165) is 51.1 Å². The average Bonchev–Trinajstić information content (AvgIpc) is 3.39. The third kappa shape index (κ3) is 5.82. The highest BCUT2D eigenvalue weighted by molar-refractivity contribution is 6.41. The molecule has 4 aromatic rings. The molecule has 2 aliphatic heterocycles. The van der Waals surface area contributed by atoms with Crippen LogP contribution in [0.3, 0.4) is 0 Å². The van der Waals surface area contributed by atoms with E-state index in [-0.39, 0.29) is 28.0 Å². The summed E-state index contributed by atoms with van der Waals surface area (Å²) in [6.07, 6.45) is 3.97. The lowest BCUT2D eigenvalue weighted by Gasteiger charge is -2.34. The van der Waals surface area contributed by atoms with Crippen LogP contribution in [0.25, 0.3) is 22.4 Å². The molecular weight excluding hydrogens is 593 g/mol. The highest BCUT2D eigenvalue weighted by Crippen LogP contribution is 2.45. The molecule has 0 saturated carbocycles. The zero-order valence-electron chi connectivity index (χ0n) is 24.3. The van der Waals surface area contributed by atoms with E-state index in [2.05, 4.69) is 27.1 Å². The number of likely N-dealkylation sites (N-methyl/N-ethyl adjacent to an activating group) is 1. The predicted molar refractivity (Wildman–Crippen MR) is 167 cm³/mol. The monoisotopic (exact) mass is 625 g/mol. The highest BCUT2D eigenvalue weighted by Gasteiger charge is 2.26. The minimum Gasteiger partial charge on any atom is -0.495 e. The third-order valence-electron chi connectivity index (χ3n) is 7.90. The number of anilines is 2. The van der Waals surface area contributed by atoms with Gasteiger partial charge in [-0.05, 0) is 50.6 Å². The number of halogens is 2. The summed E-state index contributed by atoms with van der Waals surface area (Å²) < 4.78 is 18.6. The maximum Gasteiger partial charge on any atom is 0.256 e. The number of piperazine rings is 1. The van der Waals surface area contributed by atoms with E-state index in [1.165, 1.54) is 14.2 Å². The second-order valence-corrected chi connectivity index (χ2v) is 11.4. The number of nitrogens with zero attached hydrogens (tertiary/aromatic N) is 6. The first-order chi connectivity index (χ1) is 20.9. The summed E-state index contributed by atoms with van der Waals surface area (Å²) in [4.78, 5) is 27.4. The Labute approximate surface area is 259 Å². The van der Waals surface area contributed by atoms with Gasteiger partial charge in [-0.15, -0.1) is 5.10 Å². The van der Waals surface area contributed by atoms with Crippen molar-refractivity contribution in [1.82, 2.24) is 24.6 Å². The first-order valence-electron chi connectivity index (χ1n) is 14.2. The summed E-state index contributed by atoms with van der Waals surface area (Å²) in [5, 5.41) is 8.78. The molecule has 2 aromatic heterocycles. The number of methoxy groups -OCH3 is 2. The van der Waals surface area contributed by atoms with Crippen LogP contribution in [0.15, 0.2) is 36.5 Å². The molecule has 0 spiro atoms. The molecule has 1 N–H and O–H groups in total. The number of hydrogen-bond acceptors (Lipinski definition) is 9. The molecule has 1 unspecified atom stereocenters. The molecule has 0 bridgehead atoms. The second kappa shape index (κ2) is 12.5. The SMILES string of the molecule is COc1cc(OC)c(Cl)c(-c2ncc3c(NC(=O)c4ccc(N5CCN(C)CC5)cc4)nn(C4CCCCO4)c3n2)c1Cl. The van der Waals surface area contributed by atoms with E-state index in [1.807, 2.05) is 24.3 Å². The van der Waals surface area contributed by atoms with Crippen LogP contribution in [0.5, 0.6) is 11.5 Å². The Morgan fingerprint density at radius 2 is 1.72 bits per heavy atom. The van der Waals surface area contributed by atoms with Crippen LogP contribution in [0.2, 0.25) is 10.0 Å². The van der Waals surface area contributed by atoms with Crippen molar-refractivity contribution < 1.29 is 19.0 Å². The number of hydrogen-bond donors (Lipinski definition) is 1. The first kappa shape index (κ1) is 29.4.